The largest absolute Gasteiger partial charge is 0.496 e. The molecule has 0 aliphatic carbocycles. The molecule has 0 aliphatic heterocycles. The molecule has 0 bridgehead atoms. The quantitative estimate of drug-likeness (QED) is 0.798. The fourth-order valence-corrected chi connectivity index (χ4v) is 2.21. The van der Waals surface area contributed by atoms with Crippen molar-refractivity contribution >= 4 is 17.0 Å². The number of carbonyl (C=O) groups is 1. The van der Waals surface area contributed by atoms with Crippen LogP contribution >= 0.6 is 0 Å². The van der Waals surface area contributed by atoms with E-state index in [1.165, 1.54) is 6.07 Å². The molecule has 1 aromatic carbocycles. The van der Waals surface area contributed by atoms with Crippen LogP contribution in [-0.2, 0) is 0 Å². The van der Waals surface area contributed by atoms with Crippen LogP contribution in [0.15, 0.2) is 48.7 Å². The van der Waals surface area contributed by atoms with Gasteiger partial charge in [-0.2, -0.15) is 0 Å². The maximum Gasteiger partial charge on any atom is 0.338 e. The number of benzene rings is 1. The standard InChI is InChI=1S/C16H12N2O3/c1-21-14-7-3-2-5-10(14)15-11(16(19)20)9-13-12(18-15)6-4-8-17-13/h2-9H,1H3,(H,19,20). The average Bonchev–Trinajstić information content (AvgIpc) is 2.53. The molecule has 0 fully saturated rings. The summed E-state index contributed by atoms with van der Waals surface area (Å²) in [7, 11) is 1.54. The van der Waals surface area contributed by atoms with Crippen LogP contribution in [0.4, 0.5) is 0 Å². The lowest BCUT2D eigenvalue weighted by Gasteiger charge is -2.11. The number of para-hydroxylation sites is 1. The zero-order valence-electron chi connectivity index (χ0n) is 11.3. The zero-order valence-corrected chi connectivity index (χ0v) is 11.3. The number of hydrogen-bond acceptors (Lipinski definition) is 4. The van der Waals surface area contributed by atoms with Crippen LogP contribution in [0.2, 0.25) is 0 Å². The lowest BCUT2D eigenvalue weighted by Crippen LogP contribution is -2.03. The van der Waals surface area contributed by atoms with Crippen LogP contribution in [0, 0.1) is 0 Å². The van der Waals surface area contributed by atoms with Gasteiger partial charge in [-0.05, 0) is 30.3 Å². The van der Waals surface area contributed by atoms with Crippen LogP contribution in [0.3, 0.4) is 0 Å². The summed E-state index contributed by atoms with van der Waals surface area (Å²) < 4.78 is 5.30. The molecule has 3 rings (SSSR count). The molecular formula is C16H12N2O3. The van der Waals surface area contributed by atoms with Gasteiger partial charge in [0, 0.05) is 11.8 Å². The molecule has 5 heteroatoms. The number of aromatic carboxylic acids is 1. The molecule has 2 aromatic heterocycles. The second-order valence-corrected chi connectivity index (χ2v) is 4.43. The Balaban J connectivity index is 2.34. The molecule has 0 radical (unpaired) electrons. The molecule has 0 saturated heterocycles. The Kier molecular flexibility index (Phi) is 3.23. The number of aromatic nitrogens is 2. The van der Waals surface area contributed by atoms with Crippen LogP contribution in [0.1, 0.15) is 10.4 Å². The van der Waals surface area contributed by atoms with Crippen molar-refractivity contribution < 1.29 is 14.6 Å². The van der Waals surface area contributed by atoms with E-state index in [4.69, 9.17) is 4.74 Å². The topological polar surface area (TPSA) is 72.3 Å². The minimum atomic E-state index is -1.05. The van der Waals surface area contributed by atoms with Crippen molar-refractivity contribution in [3.8, 4) is 17.0 Å². The zero-order chi connectivity index (χ0) is 14.8. The van der Waals surface area contributed by atoms with E-state index in [2.05, 4.69) is 9.97 Å². The van der Waals surface area contributed by atoms with Gasteiger partial charge in [-0.1, -0.05) is 12.1 Å². The summed E-state index contributed by atoms with van der Waals surface area (Å²) in [6.07, 6.45) is 1.61. The Morgan fingerprint density at radius 3 is 2.71 bits per heavy atom. The summed E-state index contributed by atoms with van der Waals surface area (Å²) in [6.45, 7) is 0. The summed E-state index contributed by atoms with van der Waals surface area (Å²) in [6, 6.07) is 12.3. The highest BCUT2D eigenvalue weighted by atomic mass is 16.5. The number of ether oxygens (including phenoxy) is 1. The first-order chi connectivity index (χ1) is 10.2. The Labute approximate surface area is 120 Å². The van der Waals surface area contributed by atoms with Gasteiger partial charge in [0.25, 0.3) is 0 Å². The van der Waals surface area contributed by atoms with Crippen molar-refractivity contribution in [2.24, 2.45) is 0 Å². The molecule has 104 valence electrons. The van der Waals surface area contributed by atoms with Crippen LogP contribution < -0.4 is 4.74 Å². The summed E-state index contributed by atoms with van der Waals surface area (Å²) >= 11 is 0. The van der Waals surface area contributed by atoms with Gasteiger partial charge >= 0.3 is 5.97 Å². The Morgan fingerprint density at radius 2 is 1.95 bits per heavy atom. The number of hydrogen-bond donors (Lipinski definition) is 1. The molecule has 5 nitrogen and oxygen atoms in total. The van der Waals surface area contributed by atoms with Gasteiger partial charge in [-0.15, -0.1) is 0 Å². The smallest absolute Gasteiger partial charge is 0.338 e. The molecule has 0 saturated carbocycles. The Hall–Kier alpha value is -2.95. The minimum Gasteiger partial charge on any atom is -0.496 e. The first-order valence-corrected chi connectivity index (χ1v) is 6.33. The molecule has 0 unspecified atom stereocenters. The summed E-state index contributed by atoms with van der Waals surface area (Å²) in [5, 5.41) is 9.44. The molecule has 0 aliphatic rings. The maximum absolute atomic E-state index is 11.5. The highest BCUT2D eigenvalue weighted by Gasteiger charge is 2.18. The summed E-state index contributed by atoms with van der Waals surface area (Å²) in [5.74, 6) is -0.466. The number of fused-ring (bicyclic) bond motifs is 1. The van der Waals surface area contributed by atoms with Gasteiger partial charge in [-0.25, -0.2) is 9.78 Å². The minimum absolute atomic E-state index is 0.103. The third-order valence-electron chi connectivity index (χ3n) is 3.18. The second kappa shape index (κ2) is 5.20. The SMILES string of the molecule is COc1ccccc1-c1nc2cccnc2cc1C(=O)O. The maximum atomic E-state index is 11.5. The molecule has 2 heterocycles. The van der Waals surface area contributed by atoms with Gasteiger partial charge in [-0.3, -0.25) is 4.98 Å². The van der Waals surface area contributed by atoms with E-state index >= 15 is 0 Å². The molecule has 0 atom stereocenters. The van der Waals surface area contributed by atoms with E-state index in [1.807, 2.05) is 12.1 Å². The number of nitrogens with zero attached hydrogens (tertiary/aromatic N) is 2. The predicted molar refractivity (Wildman–Crippen MR) is 78.5 cm³/mol. The number of pyridine rings is 2. The van der Waals surface area contributed by atoms with E-state index in [-0.39, 0.29) is 5.56 Å². The lowest BCUT2D eigenvalue weighted by atomic mass is 10.0. The third kappa shape index (κ3) is 2.29. The molecule has 0 spiro atoms. The van der Waals surface area contributed by atoms with Crippen molar-refractivity contribution in [2.45, 2.75) is 0 Å². The molecule has 0 amide bonds. The van der Waals surface area contributed by atoms with Gasteiger partial charge in [0.15, 0.2) is 0 Å². The van der Waals surface area contributed by atoms with E-state index in [9.17, 15) is 9.90 Å². The number of carboxylic acid groups (broad SMARTS) is 1. The van der Waals surface area contributed by atoms with E-state index in [1.54, 1.807) is 37.6 Å². The first kappa shape index (κ1) is 13.1. The number of carboxylic acids is 1. The van der Waals surface area contributed by atoms with Crippen molar-refractivity contribution in [3.63, 3.8) is 0 Å². The normalized spacial score (nSPS) is 10.5. The fraction of sp³-hybridized carbons (Fsp3) is 0.0625. The summed E-state index contributed by atoms with van der Waals surface area (Å²) in [5.41, 5.74) is 2.31. The van der Waals surface area contributed by atoms with E-state index < -0.39 is 5.97 Å². The third-order valence-corrected chi connectivity index (χ3v) is 3.18. The van der Waals surface area contributed by atoms with Crippen molar-refractivity contribution in [2.75, 3.05) is 7.11 Å². The molecule has 21 heavy (non-hydrogen) atoms. The van der Waals surface area contributed by atoms with Gasteiger partial charge in [0.05, 0.1) is 29.4 Å². The Morgan fingerprint density at radius 1 is 1.14 bits per heavy atom. The fourth-order valence-electron chi connectivity index (χ4n) is 2.21. The monoisotopic (exact) mass is 280 g/mol. The molecule has 1 N–H and O–H groups in total. The Bertz CT molecular complexity index is 831. The lowest BCUT2D eigenvalue weighted by molar-refractivity contribution is 0.0697. The predicted octanol–water partition coefficient (Wildman–Crippen LogP) is 3.00. The first-order valence-electron chi connectivity index (χ1n) is 6.33. The van der Waals surface area contributed by atoms with Gasteiger partial charge in [0.2, 0.25) is 0 Å². The van der Waals surface area contributed by atoms with Crippen molar-refractivity contribution in [1.82, 2.24) is 9.97 Å². The highest BCUT2D eigenvalue weighted by Crippen LogP contribution is 2.32. The average molecular weight is 280 g/mol. The van der Waals surface area contributed by atoms with E-state index in [0.717, 1.165) is 0 Å². The summed E-state index contributed by atoms with van der Waals surface area (Å²) in [4.78, 5) is 20.1. The molecule has 3 aromatic rings. The van der Waals surface area contributed by atoms with Crippen molar-refractivity contribution in [3.05, 3.63) is 54.2 Å². The second-order valence-electron chi connectivity index (χ2n) is 4.43. The number of rotatable bonds is 3. The number of methoxy groups -OCH3 is 1. The molecular weight excluding hydrogens is 268 g/mol. The van der Waals surface area contributed by atoms with Gasteiger partial charge in [0.1, 0.15) is 5.75 Å². The van der Waals surface area contributed by atoms with Crippen LogP contribution in [0.25, 0.3) is 22.3 Å². The van der Waals surface area contributed by atoms with Crippen molar-refractivity contribution in [1.29, 1.82) is 0 Å². The van der Waals surface area contributed by atoms with Gasteiger partial charge < -0.3 is 9.84 Å². The van der Waals surface area contributed by atoms with Crippen LogP contribution in [-0.4, -0.2) is 28.2 Å². The highest BCUT2D eigenvalue weighted by molar-refractivity contribution is 5.99. The van der Waals surface area contributed by atoms with E-state index in [0.29, 0.717) is 28.0 Å². The van der Waals surface area contributed by atoms with Crippen LogP contribution in [0.5, 0.6) is 5.75 Å².